The van der Waals surface area contributed by atoms with E-state index in [9.17, 15) is 28.1 Å². The molecule has 1 aromatic carbocycles. The molecule has 0 atom stereocenters. The normalized spacial score (nSPS) is 13.9. The molecule has 0 radical (unpaired) electrons. The van der Waals surface area contributed by atoms with E-state index in [2.05, 4.69) is 10.4 Å². The second-order valence-electron chi connectivity index (χ2n) is 6.66. The van der Waals surface area contributed by atoms with Crippen molar-refractivity contribution in [3.63, 3.8) is 0 Å². The monoisotopic (exact) mass is 396 g/mol. The number of nitro groups is 1. The van der Waals surface area contributed by atoms with Crippen LogP contribution in [-0.4, -0.2) is 27.2 Å². The molecule has 3 rings (SSSR count). The van der Waals surface area contributed by atoms with Gasteiger partial charge in [-0.2, -0.15) is 18.3 Å². The zero-order valence-corrected chi connectivity index (χ0v) is 15.2. The van der Waals surface area contributed by atoms with Crippen LogP contribution in [0.2, 0.25) is 0 Å². The van der Waals surface area contributed by atoms with Gasteiger partial charge in [0.2, 0.25) is 0 Å². The average molecular weight is 396 g/mol. The summed E-state index contributed by atoms with van der Waals surface area (Å²) in [5.41, 5.74) is 0.208. The molecule has 1 aliphatic rings. The van der Waals surface area contributed by atoms with E-state index in [1.165, 1.54) is 29.8 Å². The summed E-state index contributed by atoms with van der Waals surface area (Å²) in [6.45, 7) is 1.64. The second-order valence-corrected chi connectivity index (χ2v) is 6.66. The van der Waals surface area contributed by atoms with E-state index >= 15 is 0 Å². The van der Waals surface area contributed by atoms with E-state index in [1.54, 1.807) is 0 Å². The van der Waals surface area contributed by atoms with E-state index in [-0.39, 0.29) is 35.5 Å². The zero-order chi connectivity index (χ0) is 20.5. The predicted molar refractivity (Wildman–Crippen MR) is 94.0 cm³/mol. The number of carbonyl (C=O) groups excluding carboxylic acids is 1. The number of alkyl halides is 3. The topological polar surface area (TPSA) is 90.1 Å². The Balaban J connectivity index is 1.72. The standard InChI is InChI=1S/C18H19F3N4O3/c1-11-12(6-4-8-14(11)25(27)28)17(26)22-9-10-24-15-7-3-2-5-13(15)16(23-24)18(19,20)21/h4,6,8H,2-3,5,7,9-10H2,1H3,(H,22,26). The summed E-state index contributed by atoms with van der Waals surface area (Å²) in [6.07, 6.45) is -2.13. The molecule has 0 spiro atoms. The number of nitrogens with one attached hydrogen (secondary N) is 1. The van der Waals surface area contributed by atoms with Gasteiger partial charge in [-0.1, -0.05) is 6.07 Å². The smallest absolute Gasteiger partial charge is 0.350 e. The van der Waals surface area contributed by atoms with Crippen molar-refractivity contribution in [1.29, 1.82) is 0 Å². The van der Waals surface area contributed by atoms with Gasteiger partial charge in [-0.25, -0.2) is 0 Å². The van der Waals surface area contributed by atoms with Crippen molar-refractivity contribution >= 4 is 11.6 Å². The molecular formula is C18H19F3N4O3. The molecule has 10 heteroatoms. The summed E-state index contributed by atoms with van der Waals surface area (Å²) in [7, 11) is 0. The highest BCUT2D eigenvalue weighted by molar-refractivity contribution is 5.96. The molecule has 2 aromatic rings. The minimum Gasteiger partial charge on any atom is -0.350 e. The lowest BCUT2D eigenvalue weighted by Crippen LogP contribution is -2.29. The third-order valence-electron chi connectivity index (χ3n) is 4.88. The first kappa shape index (κ1) is 19.8. The Morgan fingerprint density at radius 1 is 1.32 bits per heavy atom. The maximum absolute atomic E-state index is 13.2. The zero-order valence-electron chi connectivity index (χ0n) is 15.2. The molecule has 1 amide bonds. The molecule has 1 aliphatic carbocycles. The van der Waals surface area contributed by atoms with Gasteiger partial charge in [0.1, 0.15) is 0 Å². The van der Waals surface area contributed by atoms with Gasteiger partial charge >= 0.3 is 6.18 Å². The summed E-state index contributed by atoms with van der Waals surface area (Å²) >= 11 is 0. The van der Waals surface area contributed by atoms with Gasteiger partial charge in [-0.15, -0.1) is 0 Å². The highest BCUT2D eigenvalue weighted by Gasteiger charge is 2.39. The van der Waals surface area contributed by atoms with Gasteiger partial charge in [0.25, 0.3) is 11.6 Å². The lowest BCUT2D eigenvalue weighted by atomic mass is 9.95. The fraction of sp³-hybridized carbons (Fsp3) is 0.444. The minimum atomic E-state index is -4.50. The highest BCUT2D eigenvalue weighted by Crippen LogP contribution is 2.35. The lowest BCUT2D eigenvalue weighted by molar-refractivity contribution is -0.385. The Morgan fingerprint density at radius 3 is 2.71 bits per heavy atom. The lowest BCUT2D eigenvalue weighted by Gasteiger charge is -2.15. The molecule has 0 bridgehead atoms. The molecule has 0 saturated carbocycles. The van der Waals surface area contributed by atoms with Crippen molar-refractivity contribution in [2.24, 2.45) is 0 Å². The van der Waals surface area contributed by atoms with E-state index in [4.69, 9.17) is 0 Å². The van der Waals surface area contributed by atoms with Crippen molar-refractivity contribution in [3.8, 4) is 0 Å². The molecule has 1 aromatic heterocycles. The van der Waals surface area contributed by atoms with E-state index in [1.807, 2.05) is 0 Å². The van der Waals surface area contributed by atoms with Crippen LogP contribution in [0.25, 0.3) is 0 Å². The number of carbonyl (C=O) groups is 1. The van der Waals surface area contributed by atoms with Crippen LogP contribution in [0.1, 0.15) is 45.7 Å². The minimum absolute atomic E-state index is 0.0619. The maximum atomic E-state index is 13.2. The Bertz CT molecular complexity index is 922. The predicted octanol–water partition coefficient (Wildman–Crippen LogP) is 3.43. The Labute approximate surface area is 158 Å². The SMILES string of the molecule is Cc1c(C(=O)NCCn2nc(C(F)(F)F)c3c2CCCC3)cccc1[N+](=O)[O-]. The number of amides is 1. The van der Waals surface area contributed by atoms with Gasteiger partial charge in [-0.05, 0) is 38.7 Å². The molecule has 150 valence electrons. The fourth-order valence-corrected chi connectivity index (χ4v) is 3.52. The van der Waals surface area contributed by atoms with Crippen molar-refractivity contribution in [1.82, 2.24) is 15.1 Å². The van der Waals surface area contributed by atoms with Crippen molar-refractivity contribution in [2.75, 3.05) is 6.54 Å². The summed E-state index contributed by atoms with van der Waals surface area (Å²) in [5, 5.41) is 17.3. The number of halogens is 3. The van der Waals surface area contributed by atoms with Crippen molar-refractivity contribution in [3.05, 3.63) is 56.4 Å². The highest BCUT2D eigenvalue weighted by atomic mass is 19.4. The molecule has 0 fully saturated rings. The van der Waals surface area contributed by atoms with Crippen LogP contribution in [0.3, 0.4) is 0 Å². The molecule has 1 N–H and O–H groups in total. The first-order valence-electron chi connectivity index (χ1n) is 8.88. The summed E-state index contributed by atoms with van der Waals surface area (Å²) < 4.78 is 40.9. The third kappa shape index (κ3) is 3.85. The van der Waals surface area contributed by atoms with Crippen LogP contribution in [0.4, 0.5) is 18.9 Å². The number of hydrogen-bond donors (Lipinski definition) is 1. The van der Waals surface area contributed by atoms with Crippen molar-refractivity contribution in [2.45, 2.75) is 45.3 Å². The van der Waals surface area contributed by atoms with Gasteiger partial charge in [-0.3, -0.25) is 19.6 Å². The van der Waals surface area contributed by atoms with Crippen LogP contribution in [0, 0.1) is 17.0 Å². The van der Waals surface area contributed by atoms with Crippen LogP contribution in [0.5, 0.6) is 0 Å². The van der Waals surface area contributed by atoms with Crippen LogP contribution in [0.15, 0.2) is 18.2 Å². The number of hydrogen-bond acceptors (Lipinski definition) is 4. The first-order valence-corrected chi connectivity index (χ1v) is 8.88. The quantitative estimate of drug-likeness (QED) is 0.619. The molecule has 28 heavy (non-hydrogen) atoms. The molecule has 0 unspecified atom stereocenters. The summed E-state index contributed by atoms with van der Waals surface area (Å²) in [6, 6.07) is 4.19. The Hall–Kier alpha value is -2.91. The van der Waals surface area contributed by atoms with E-state index in [0.717, 1.165) is 6.42 Å². The first-order chi connectivity index (χ1) is 13.2. The third-order valence-corrected chi connectivity index (χ3v) is 4.88. The van der Waals surface area contributed by atoms with Gasteiger partial charge < -0.3 is 5.32 Å². The molecular weight excluding hydrogens is 377 g/mol. The van der Waals surface area contributed by atoms with Crippen LogP contribution < -0.4 is 5.32 Å². The number of fused-ring (bicyclic) bond motifs is 1. The molecule has 7 nitrogen and oxygen atoms in total. The molecule has 0 saturated heterocycles. The Morgan fingerprint density at radius 2 is 2.04 bits per heavy atom. The largest absolute Gasteiger partial charge is 0.435 e. The summed E-state index contributed by atoms with van der Waals surface area (Å²) in [4.78, 5) is 22.8. The molecule has 1 heterocycles. The number of rotatable bonds is 5. The van der Waals surface area contributed by atoms with Gasteiger partial charge in [0, 0.05) is 35.0 Å². The number of aromatic nitrogens is 2. The van der Waals surface area contributed by atoms with Gasteiger partial charge in [0.15, 0.2) is 5.69 Å². The van der Waals surface area contributed by atoms with E-state index < -0.39 is 22.7 Å². The average Bonchev–Trinajstić information content (AvgIpc) is 3.01. The number of nitrogens with zero attached hydrogens (tertiary/aromatic N) is 3. The van der Waals surface area contributed by atoms with Crippen LogP contribution in [-0.2, 0) is 25.6 Å². The maximum Gasteiger partial charge on any atom is 0.435 e. The second kappa shape index (κ2) is 7.61. The number of benzene rings is 1. The summed E-state index contributed by atoms with van der Waals surface area (Å²) in [5.74, 6) is -0.515. The van der Waals surface area contributed by atoms with Crippen LogP contribution >= 0.6 is 0 Å². The van der Waals surface area contributed by atoms with E-state index in [0.29, 0.717) is 25.0 Å². The number of nitro benzene ring substituents is 1. The van der Waals surface area contributed by atoms with Crippen molar-refractivity contribution < 1.29 is 22.9 Å². The molecule has 0 aliphatic heterocycles. The fourth-order valence-electron chi connectivity index (χ4n) is 3.52. The Kier molecular flexibility index (Phi) is 5.39. The van der Waals surface area contributed by atoms with Gasteiger partial charge in [0.05, 0.1) is 11.5 Å².